The van der Waals surface area contributed by atoms with Crippen LogP contribution in [0.5, 0.6) is 0 Å². The summed E-state index contributed by atoms with van der Waals surface area (Å²) in [6, 6.07) is 2.32. The standard InChI is InChI=1S/C13H18N2O3/c1-18-12(17)10-7-11(16)15(8-10)13(9-14)5-3-2-4-6-13/h10H,2-8H2,1H3. The van der Waals surface area contributed by atoms with Crippen LogP contribution in [0.4, 0.5) is 0 Å². The van der Waals surface area contributed by atoms with Crippen molar-refractivity contribution in [1.82, 2.24) is 4.90 Å². The Morgan fingerprint density at radius 1 is 1.44 bits per heavy atom. The topological polar surface area (TPSA) is 70.4 Å². The second kappa shape index (κ2) is 4.97. The number of amides is 1. The van der Waals surface area contributed by atoms with Gasteiger partial charge in [-0.3, -0.25) is 9.59 Å². The molecule has 0 aromatic heterocycles. The van der Waals surface area contributed by atoms with E-state index in [1.54, 1.807) is 4.90 Å². The molecule has 18 heavy (non-hydrogen) atoms. The van der Waals surface area contributed by atoms with Crippen molar-refractivity contribution in [2.75, 3.05) is 13.7 Å². The first-order valence-electron chi connectivity index (χ1n) is 6.42. The summed E-state index contributed by atoms with van der Waals surface area (Å²) in [7, 11) is 1.33. The first-order chi connectivity index (χ1) is 8.63. The Labute approximate surface area is 107 Å². The van der Waals surface area contributed by atoms with E-state index in [4.69, 9.17) is 0 Å². The minimum atomic E-state index is -0.682. The molecular weight excluding hydrogens is 232 g/mol. The van der Waals surface area contributed by atoms with E-state index in [1.807, 2.05) is 0 Å². The maximum Gasteiger partial charge on any atom is 0.310 e. The van der Waals surface area contributed by atoms with E-state index in [1.165, 1.54) is 7.11 Å². The molecule has 2 aliphatic rings. The van der Waals surface area contributed by atoms with Crippen LogP contribution in [0.2, 0.25) is 0 Å². The Morgan fingerprint density at radius 3 is 2.67 bits per heavy atom. The highest BCUT2D eigenvalue weighted by Gasteiger charge is 2.47. The summed E-state index contributed by atoms with van der Waals surface area (Å²) >= 11 is 0. The lowest BCUT2D eigenvalue weighted by molar-refractivity contribution is -0.145. The van der Waals surface area contributed by atoms with E-state index in [9.17, 15) is 14.9 Å². The van der Waals surface area contributed by atoms with Crippen molar-refractivity contribution in [3.8, 4) is 6.07 Å². The van der Waals surface area contributed by atoms with E-state index in [-0.39, 0.29) is 18.3 Å². The fourth-order valence-corrected chi connectivity index (χ4v) is 3.02. The SMILES string of the molecule is COC(=O)C1CC(=O)N(C2(C#N)CCCCC2)C1. The number of hydrogen-bond acceptors (Lipinski definition) is 4. The zero-order valence-electron chi connectivity index (χ0n) is 10.6. The normalized spacial score (nSPS) is 26.8. The lowest BCUT2D eigenvalue weighted by atomic mass is 9.81. The van der Waals surface area contributed by atoms with E-state index in [0.29, 0.717) is 6.54 Å². The summed E-state index contributed by atoms with van der Waals surface area (Å²) in [5, 5.41) is 9.44. The molecule has 2 fully saturated rings. The highest BCUT2D eigenvalue weighted by atomic mass is 16.5. The molecule has 0 spiro atoms. The number of rotatable bonds is 2. The first-order valence-corrected chi connectivity index (χ1v) is 6.42. The van der Waals surface area contributed by atoms with Crippen LogP contribution in [-0.4, -0.2) is 36.0 Å². The number of nitrogens with zero attached hydrogens (tertiary/aromatic N) is 2. The van der Waals surface area contributed by atoms with Crippen molar-refractivity contribution < 1.29 is 14.3 Å². The van der Waals surface area contributed by atoms with Crippen LogP contribution in [0, 0.1) is 17.2 Å². The summed E-state index contributed by atoms with van der Waals surface area (Å²) < 4.78 is 4.68. The van der Waals surface area contributed by atoms with Gasteiger partial charge in [-0.1, -0.05) is 19.3 Å². The van der Waals surface area contributed by atoms with Crippen LogP contribution in [-0.2, 0) is 14.3 Å². The Kier molecular flexibility index (Phi) is 3.55. The maximum atomic E-state index is 12.0. The van der Waals surface area contributed by atoms with Crippen LogP contribution in [0.1, 0.15) is 38.5 Å². The van der Waals surface area contributed by atoms with Gasteiger partial charge in [0.25, 0.3) is 0 Å². The first kappa shape index (κ1) is 12.9. The molecule has 0 N–H and O–H groups in total. The predicted octanol–water partition coefficient (Wildman–Crippen LogP) is 1.23. The third-order valence-electron chi connectivity index (χ3n) is 4.07. The lowest BCUT2D eigenvalue weighted by Crippen LogP contribution is -2.50. The van der Waals surface area contributed by atoms with Gasteiger partial charge in [0.2, 0.25) is 5.91 Å². The number of ether oxygens (including phenoxy) is 1. The Balaban J connectivity index is 2.15. The molecule has 0 bridgehead atoms. The fraction of sp³-hybridized carbons (Fsp3) is 0.769. The summed E-state index contributed by atoms with van der Waals surface area (Å²) in [6.45, 7) is 0.332. The van der Waals surface area contributed by atoms with E-state index >= 15 is 0 Å². The number of likely N-dealkylation sites (tertiary alicyclic amines) is 1. The molecular formula is C13H18N2O3. The van der Waals surface area contributed by atoms with Crippen molar-refractivity contribution in [3.05, 3.63) is 0 Å². The van der Waals surface area contributed by atoms with E-state index in [0.717, 1.165) is 32.1 Å². The third-order valence-corrected chi connectivity index (χ3v) is 4.07. The van der Waals surface area contributed by atoms with Gasteiger partial charge in [0.05, 0.1) is 19.1 Å². The smallest absolute Gasteiger partial charge is 0.310 e. The van der Waals surface area contributed by atoms with Gasteiger partial charge in [-0.2, -0.15) is 5.26 Å². The Hall–Kier alpha value is -1.57. The molecule has 1 heterocycles. The van der Waals surface area contributed by atoms with Gasteiger partial charge in [0, 0.05) is 13.0 Å². The summed E-state index contributed by atoms with van der Waals surface area (Å²) in [5.74, 6) is -0.849. The monoisotopic (exact) mass is 250 g/mol. The van der Waals surface area contributed by atoms with Gasteiger partial charge in [0.15, 0.2) is 0 Å². The van der Waals surface area contributed by atoms with Gasteiger partial charge >= 0.3 is 5.97 Å². The maximum absolute atomic E-state index is 12.0. The summed E-state index contributed by atoms with van der Waals surface area (Å²) in [5.41, 5.74) is -0.682. The average Bonchev–Trinajstić information content (AvgIpc) is 2.81. The van der Waals surface area contributed by atoms with Crippen molar-refractivity contribution in [2.24, 2.45) is 5.92 Å². The molecule has 5 nitrogen and oxygen atoms in total. The van der Waals surface area contributed by atoms with Gasteiger partial charge in [-0.25, -0.2) is 0 Å². The lowest BCUT2D eigenvalue weighted by Gasteiger charge is -2.39. The quantitative estimate of drug-likeness (QED) is 0.691. The molecule has 1 unspecified atom stereocenters. The van der Waals surface area contributed by atoms with Crippen LogP contribution in [0.25, 0.3) is 0 Å². The molecule has 5 heteroatoms. The van der Waals surface area contributed by atoms with Crippen molar-refractivity contribution >= 4 is 11.9 Å². The number of esters is 1. The van der Waals surface area contributed by atoms with Crippen molar-refractivity contribution in [2.45, 2.75) is 44.1 Å². The van der Waals surface area contributed by atoms with Crippen molar-refractivity contribution in [1.29, 1.82) is 5.26 Å². The Morgan fingerprint density at radius 2 is 2.11 bits per heavy atom. The largest absolute Gasteiger partial charge is 0.469 e. The van der Waals surface area contributed by atoms with Crippen LogP contribution >= 0.6 is 0 Å². The van der Waals surface area contributed by atoms with Crippen LogP contribution < -0.4 is 0 Å². The zero-order chi connectivity index (χ0) is 13.2. The molecule has 1 atom stereocenters. The molecule has 98 valence electrons. The molecule has 2 rings (SSSR count). The molecule has 0 aromatic carbocycles. The predicted molar refractivity (Wildman–Crippen MR) is 63.3 cm³/mol. The second-order valence-corrected chi connectivity index (χ2v) is 5.13. The molecule has 0 radical (unpaired) electrons. The van der Waals surface area contributed by atoms with Gasteiger partial charge in [-0.15, -0.1) is 0 Å². The number of nitriles is 1. The van der Waals surface area contributed by atoms with Crippen LogP contribution in [0.15, 0.2) is 0 Å². The highest BCUT2D eigenvalue weighted by molar-refractivity contribution is 5.87. The fourth-order valence-electron chi connectivity index (χ4n) is 3.02. The minimum Gasteiger partial charge on any atom is -0.469 e. The number of carbonyl (C=O) groups is 2. The minimum absolute atomic E-state index is 0.0890. The molecule has 1 amide bonds. The van der Waals surface area contributed by atoms with Gasteiger partial charge < -0.3 is 9.64 Å². The molecule has 1 aliphatic heterocycles. The summed E-state index contributed by atoms with van der Waals surface area (Å²) in [4.78, 5) is 25.2. The number of hydrogen-bond donors (Lipinski definition) is 0. The van der Waals surface area contributed by atoms with Gasteiger partial charge in [-0.05, 0) is 12.8 Å². The zero-order valence-corrected chi connectivity index (χ0v) is 10.6. The molecule has 0 aromatic rings. The number of methoxy groups -OCH3 is 1. The van der Waals surface area contributed by atoms with Crippen LogP contribution in [0.3, 0.4) is 0 Å². The Bertz CT molecular complexity index is 394. The van der Waals surface area contributed by atoms with Gasteiger partial charge in [0.1, 0.15) is 5.54 Å². The third kappa shape index (κ3) is 2.07. The summed E-state index contributed by atoms with van der Waals surface area (Å²) in [6.07, 6.45) is 4.69. The van der Waals surface area contributed by atoms with Crippen molar-refractivity contribution in [3.63, 3.8) is 0 Å². The average molecular weight is 250 g/mol. The van der Waals surface area contributed by atoms with E-state index < -0.39 is 11.5 Å². The molecule has 1 aliphatic carbocycles. The van der Waals surface area contributed by atoms with E-state index in [2.05, 4.69) is 10.8 Å². The molecule has 1 saturated carbocycles. The molecule has 1 saturated heterocycles. The second-order valence-electron chi connectivity index (χ2n) is 5.13. The number of carbonyl (C=O) groups excluding carboxylic acids is 2. The highest BCUT2D eigenvalue weighted by Crippen LogP contribution is 2.37.